The van der Waals surface area contributed by atoms with Gasteiger partial charge in [-0.25, -0.2) is 9.97 Å². The molecular weight excluding hydrogens is 394 g/mol. The summed E-state index contributed by atoms with van der Waals surface area (Å²) in [5.41, 5.74) is 3.36. The highest BCUT2D eigenvalue weighted by Crippen LogP contribution is 2.49. The van der Waals surface area contributed by atoms with Crippen molar-refractivity contribution in [2.45, 2.75) is 45.6 Å². The molecule has 4 atom stereocenters. The number of fused-ring (bicyclic) bond motifs is 3. The molecule has 0 saturated heterocycles. The van der Waals surface area contributed by atoms with Gasteiger partial charge < -0.3 is 10.1 Å². The highest BCUT2D eigenvalue weighted by atomic mass is 32.1. The molecule has 5 nitrogen and oxygen atoms in total. The number of nitrogens with zero attached hydrogens (tertiary/aromatic N) is 2. The fourth-order valence-electron chi connectivity index (χ4n) is 5.35. The Morgan fingerprint density at radius 1 is 1.23 bits per heavy atom. The van der Waals surface area contributed by atoms with Gasteiger partial charge in [0.05, 0.1) is 5.39 Å². The largest absolute Gasteiger partial charge is 0.467 e. The Morgan fingerprint density at radius 2 is 2.07 bits per heavy atom. The van der Waals surface area contributed by atoms with Gasteiger partial charge in [0, 0.05) is 17.0 Å². The first-order valence-electron chi connectivity index (χ1n) is 10.8. The molecule has 3 aromatic rings. The molecule has 6 heteroatoms. The van der Waals surface area contributed by atoms with Crippen molar-refractivity contribution in [3.63, 3.8) is 0 Å². The summed E-state index contributed by atoms with van der Waals surface area (Å²) < 4.78 is 5.89. The van der Waals surface area contributed by atoms with Crippen molar-refractivity contribution in [1.82, 2.24) is 15.3 Å². The summed E-state index contributed by atoms with van der Waals surface area (Å²) in [6.07, 6.45) is 6.81. The molecule has 30 heavy (non-hydrogen) atoms. The van der Waals surface area contributed by atoms with Gasteiger partial charge in [-0.2, -0.15) is 0 Å². The van der Waals surface area contributed by atoms with Crippen LogP contribution >= 0.6 is 11.3 Å². The van der Waals surface area contributed by atoms with Crippen LogP contribution in [0.4, 0.5) is 0 Å². The first kappa shape index (κ1) is 19.5. The number of amides is 1. The van der Waals surface area contributed by atoms with E-state index in [4.69, 9.17) is 4.74 Å². The Hall–Kier alpha value is -2.47. The number of benzene rings is 1. The maximum atomic E-state index is 12.6. The van der Waals surface area contributed by atoms with Crippen LogP contribution in [0.2, 0.25) is 0 Å². The number of aryl methyl sites for hydroxylation is 1. The quantitative estimate of drug-likeness (QED) is 0.609. The van der Waals surface area contributed by atoms with Crippen LogP contribution in [0, 0.1) is 24.7 Å². The zero-order chi connectivity index (χ0) is 20.7. The van der Waals surface area contributed by atoms with Crippen LogP contribution in [0.25, 0.3) is 21.3 Å². The number of thiophene rings is 1. The van der Waals surface area contributed by atoms with E-state index in [1.807, 2.05) is 0 Å². The SMILES string of the molecule is Cc1ccc(-c2csc3ncnc(OCC(=O)N[C@H](C)[C@H]4C[C@@H]5CC[C@@H]4C5)c23)cc1. The first-order chi connectivity index (χ1) is 14.6. The van der Waals surface area contributed by atoms with Gasteiger partial charge in [0.25, 0.3) is 5.91 Å². The van der Waals surface area contributed by atoms with Gasteiger partial charge in [0.2, 0.25) is 5.88 Å². The van der Waals surface area contributed by atoms with E-state index in [9.17, 15) is 4.79 Å². The van der Waals surface area contributed by atoms with Gasteiger partial charge in [0.15, 0.2) is 6.61 Å². The highest BCUT2D eigenvalue weighted by molar-refractivity contribution is 7.17. The lowest BCUT2D eigenvalue weighted by Gasteiger charge is -2.28. The van der Waals surface area contributed by atoms with Gasteiger partial charge in [-0.05, 0) is 56.4 Å². The Kier molecular flexibility index (Phi) is 5.19. The summed E-state index contributed by atoms with van der Waals surface area (Å²) in [6, 6.07) is 8.57. The molecular formula is C24H27N3O2S. The predicted octanol–water partition coefficient (Wildman–Crippen LogP) is 4.99. The lowest BCUT2D eigenvalue weighted by atomic mass is 9.84. The monoisotopic (exact) mass is 421 g/mol. The van der Waals surface area contributed by atoms with Gasteiger partial charge in [-0.15, -0.1) is 11.3 Å². The summed E-state index contributed by atoms with van der Waals surface area (Å²) in [6.45, 7) is 4.18. The van der Waals surface area contributed by atoms with Crippen LogP contribution in [-0.2, 0) is 4.79 Å². The average molecular weight is 422 g/mol. The maximum Gasteiger partial charge on any atom is 0.258 e. The van der Waals surface area contributed by atoms with E-state index in [1.165, 1.54) is 37.6 Å². The lowest BCUT2D eigenvalue weighted by molar-refractivity contribution is -0.124. The Balaban J connectivity index is 1.29. The molecule has 0 aliphatic heterocycles. The van der Waals surface area contributed by atoms with Crippen molar-refractivity contribution in [1.29, 1.82) is 0 Å². The van der Waals surface area contributed by atoms with E-state index in [-0.39, 0.29) is 18.6 Å². The highest BCUT2D eigenvalue weighted by Gasteiger charge is 2.42. The number of ether oxygens (including phenoxy) is 1. The molecule has 2 aliphatic carbocycles. The van der Waals surface area contributed by atoms with E-state index in [0.29, 0.717) is 11.8 Å². The number of carbonyl (C=O) groups excluding carboxylic acids is 1. The molecule has 1 N–H and O–H groups in total. The zero-order valence-corrected chi connectivity index (χ0v) is 18.2. The van der Waals surface area contributed by atoms with Crippen LogP contribution < -0.4 is 10.1 Å². The molecule has 5 rings (SSSR count). The topological polar surface area (TPSA) is 64.1 Å². The fraction of sp³-hybridized carbons (Fsp3) is 0.458. The van der Waals surface area contributed by atoms with Crippen LogP contribution in [0.3, 0.4) is 0 Å². The minimum Gasteiger partial charge on any atom is -0.467 e. The number of aromatic nitrogens is 2. The van der Waals surface area contributed by atoms with E-state index in [2.05, 4.69) is 58.8 Å². The van der Waals surface area contributed by atoms with Crippen molar-refractivity contribution in [3.8, 4) is 17.0 Å². The Morgan fingerprint density at radius 3 is 2.80 bits per heavy atom. The third-order valence-corrected chi connectivity index (χ3v) is 7.75. The van der Waals surface area contributed by atoms with E-state index in [0.717, 1.165) is 33.2 Å². The van der Waals surface area contributed by atoms with Crippen molar-refractivity contribution in [3.05, 3.63) is 41.5 Å². The smallest absolute Gasteiger partial charge is 0.258 e. The summed E-state index contributed by atoms with van der Waals surface area (Å²) in [4.78, 5) is 22.2. The Bertz CT molecular complexity index is 1060. The molecule has 0 radical (unpaired) electrons. The summed E-state index contributed by atoms with van der Waals surface area (Å²) >= 11 is 1.56. The molecule has 2 aliphatic rings. The molecule has 1 amide bonds. The van der Waals surface area contributed by atoms with E-state index in [1.54, 1.807) is 11.3 Å². The van der Waals surface area contributed by atoms with Crippen molar-refractivity contribution < 1.29 is 9.53 Å². The van der Waals surface area contributed by atoms with E-state index < -0.39 is 0 Å². The first-order valence-corrected chi connectivity index (χ1v) is 11.7. The third kappa shape index (κ3) is 3.69. The van der Waals surface area contributed by atoms with Crippen LogP contribution in [0.1, 0.15) is 38.2 Å². The van der Waals surface area contributed by atoms with Gasteiger partial charge in [0.1, 0.15) is 11.2 Å². The van der Waals surface area contributed by atoms with E-state index >= 15 is 0 Å². The van der Waals surface area contributed by atoms with Crippen molar-refractivity contribution >= 4 is 27.5 Å². The molecule has 2 fully saturated rings. The minimum absolute atomic E-state index is 0.0273. The second kappa shape index (κ2) is 7.99. The van der Waals surface area contributed by atoms with Crippen LogP contribution in [0.5, 0.6) is 5.88 Å². The molecule has 2 saturated carbocycles. The zero-order valence-electron chi connectivity index (χ0n) is 17.4. The molecule has 1 aromatic carbocycles. The second-order valence-electron chi connectivity index (χ2n) is 8.86. The summed E-state index contributed by atoms with van der Waals surface area (Å²) in [7, 11) is 0. The Labute approximate surface area is 180 Å². The second-order valence-corrected chi connectivity index (χ2v) is 9.72. The molecule has 2 heterocycles. The third-order valence-electron chi connectivity index (χ3n) is 6.86. The summed E-state index contributed by atoms with van der Waals surface area (Å²) in [5.74, 6) is 2.67. The number of nitrogens with one attached hydrogen (secondary N) is 1. The number of hydrogen-bond acceptors (Lipinski definition) is 5. The van der Waals surface area contributed by atoms with Crippen LogP contribution in [-0.4, -0.2) is 28.5 Å². The molecule has 156 valence electrons. The molecule has 2 aromatic heterocycles. The fourth-order valence-corrected chi connectivity index (χ4v) is 6.25. The standard InChI is InChI=1S/C24H27N3O2S/c1-14-3-6-17(7-4-14)20-12-30-24-22(20)23(25-13-26-24)29-11-21(28)27-15(2)19-10-16-5-8-18(19)9-16/h3-4,6-7,12-13,15-16,18-19H,5,8-11H2,1-2H3,(H,27,28)/t15-,16-,18-,19-/m1/s1. The summed E-state index contributed by atoms with van der Waals surface area (Å²) in [5, 5.41) is 6.12. The number of rotatable bonds is 6. The van der Waals surface area contributed by atoms with Crippen molar-refractivity contribution in [2.24, 2.45) is 17.8 Å². The minimum atomic E-state index is -0.0795. The number of hydrogen-bond donors (Lipinski definition) is 1. The maximum absolute atomic E-state index is 12.6. The predicted molar refractivity (Wildman–Crippen MR) is 120 cm³/mol. The normalized spacial score (nSPS) is 23.6. The van der Waals surface area contributed by atoms with Gasteiger partial charge in [-0.1, -0.05) is 36.2 Å². The van der Waals surface area contributed by atoms with Crippen molar-refractivity contribution in [2.75, 3.05) is 6.61 Å². The molecule has 2 bridgehead atoms. The van der Waals surface area contributed by atoms with Crippen LogP contribution in [0.15, 0.2) is 36.0 Å². The lowest BCUT2D eigenvalue weighted by Crippen LogP contribution is -2.42. The average Bonchev–Trinajstić information content (AvgIpc) is 3.48. The molecule has 0 unspecified atom stereocenters. The number of carbonyl (C=O) groups is 1. The van der Waals surface area contributed by atoms with Gasteiger partial charge in [-0.3, -0.25) is 4.79 Å². The molecule has 0 spiro atoms. The van der Waals surface area contributed by atoms with Gasteiger partial charge >= 0.3 is 0 Å².